The fraction of sp³-hybridized carbons (Fsp3) is 0.438. The van der Waals surface area contributed by atoms with E-state index in [1.54, 1.807) is 6.20 Å². The van der Waals surface area contributed by atoms with Crippen LogP contribution in [0.4, 0.5) is 0 Å². The number of rotatable bonds is 5. The molecule has 0 aliphatic heterocycles. The Labute approximate surface area is 124 Å². The fourth-order valence-corrected chi connectivity index (χ4v) is 3.44. The van der Waals surface area contributed by atoms with E-state index >= 15 is 0 Å². The van der Waals surface area contributed by atoms with Crippen molar-refractivity contribution in [2.75, 3.05) is 6.54 Å². The second-order valence-electron chi connectivity index (χ2n) is 5.24. The molecule has 0 bridgehead atoms. The van der Waals surface area contributed by atoms with E-state index in [1.807, 2.05) is 4.68 Å². The van der Waals surface area contributed by atoms with Crippen molar-refractivity contribution in [3.05, 3.63) is 52.3 Å². The maximum Gasteiger partial charge on any atom is 0.0834 e. The molecule has 0 saturated carbocycles. The predicted octanol–water partition coefficient (Wildman–Crippen LogP) is 3.55. The lowest BCUT2D eigenvalue weighted by molar-refractivity contribution is 0.392. The van der Waals surface area contributed by atoms with Gasteiger partial charge in [0.25, 0.3) is 0 Å². The van der Waals surface area contributed by atoms with E-state index < -0.39 is 0 Å². The normalized spacial score (nSPS) is 18.4. The minimum Gasteiger partial charge on any atom is -0.308 e. The summed E-state index contributed by atoms with van der Waals surface area (Å²) >= 11 is 6.38. The van der Waals surface area contributed by atoms with E-state index in [4.69, 9.17) is 11.6 Å². The van der Waals surface area contributed by atoms with E-state index in [1.165, 1.54) is 11.1 Å². The Bertz CT molecular complexity index is 606. The van der Waals surface area contributed by atoms with Gasteiger partial charge in [-0.05, 0) is 31.0 Å². The summed E-state index contributed by atoms with van der Waals surface area (Å²) in [6.07, 6.45) is 2.87. The Morgan fingerprint density at radius 2 is 2.20 bits per heavy atom. The number of nitrogens with one attached hydrogen (secondary N) is 1. The molecule has 0 saturated heterocycles. The summed E-state index contributed by atoms with van der Waals surface area (Å²) in [5.41, 5.74) is 4.02. The third-order valence-corrected chi connectivity index (χ3v) is 4.44. The van der Waals surface area contributed by atoms with E-state index in [-0.39, 0.29) is 6.04 Å². The number of halogens is 1. The van der Waals surface area contributed by atoms with Crippen LogP contribution in [0.5, 0.6) is 0 Å². The summed E-state index contributed by atoms with van der Waals surface area (Å²) in [7, 11) is 0. The average molecular weight is 290 g/mol. The van der Waals surface area contributed by atoms with Crippen LogP contribution in [0.3, 0.4) is 0 Å². The van der Waals surface area contributed by atoms with Crippen molar-refractivity contribution >= 4 is 11.6 Å². The van der Waals surface area contributed by atoms with Gasteiger partial charge in [-0.2, -0.15) is 5.10 Å². The van der Waals surface area contributed by atoms with Crippen molar-refractivity contribution in [3.63, 3.8) is 0 Å². The Morgan fingerprint density at radius 1 is 1.40 bits per heavy atom. The molecule has 20 heavy (non-hydrogen) atoms. The van der Waals surface area contributed by atoms with Crippen LogP contribution in [0.15, 0.2) is 30.5 Å². The topological polar surface area (TPSA) is 29.9 Å². The molecule has 2 atom stereocenters. The molecule has 106 valence electrons. The maximum absolute atomic E-state index is 6.38. The zero-order chi connectivity index (χ0) is 14.1. The van der Waals surface area contributed by atoms with Crippen LogP contribution in [-0.4, -0.2) is 16.3 Å². The van der Waals surface area contributed by atoms with Crippen LogP contribution in [0.1, 0.15) is 42.6 Å². The molecule has 3 rings (SSSR count). The van der Waals surface area contributed by atoms with Crippen molar-refractivity contribution in [1.82, 2.24) is 15.1 Å². The molecule has 0 amide bonds. The molecule has 0 spiro atoms. The smallest absolute Gasteiger partial charge is 0.0834 e. The van der Waals surface area contributed by atoms with Gasteiger partial charge in [0.05, 0.1) is 23.0 Å². The van der Waals surface area contributed by atoms with Crippen LogP contribution in [0.2, 0.25) is 5.02 Å². The second-order valence-corrected chi connectivity index (χ2v) is 5.65. The zero-order valence-corrected chi connectivity index (χ0v) is 12.7. The van der Waals surface area contributed by atoms with Crippen molar-refractivity contribution in [2.24, 2.45) is 0 Å². The van der Waals surface area contributed by atoms with E-state index in [2.05, 4.69) is 48.5 Å². The first kappa shape index (κ1) is 13.7. The van der Waals surface area contributed by atoms with Gasteiger partial charge in [0.2, 0.25) is 0 Å². The largest absolute Gasteiger partial charge is 0.308 e. The lowest BCUT2D eigenvalue weighted by atomic mass is 9.72. The van der Waals surface area contributed by atoms with Gasteiger partial charge in [0.1, 0.15) is 0 Å². The van der Waals surface area contributed by atoms with E-state index in [9.17, 15) is 0 Å². The highest BCUT2D eigenvalue weighted by Gasteiger charge is 2.35. The first-order valence-electron chi connectivity index (χ1n) is 7.28. The number of benzene rings is 1. The van der Waals surface area contributed by atoms with Crippen LogP contribution >= 0.6 is 11.6 Å². The fourth-order valence-electron chi connectivity index (χ4n) is 3.18. The van der Waals surface area contributed by atoms with E-state index in [0.29, 0.717) is 5.92 Å². The van der Waals surface area contributed by atoms with Crippen LogP contribution in [-0.2, 0) is 13.0 Å². The summed E-state index contributed by atoms with van der Waals surface area (Å²) in [6, 6.07) is 8.92. The molecule has 1 aromatic carbocycles. The molecule has 1 aliphatic rings. The highest BCUT2D eigenvalue weighted by Crippen LogP contribution is 2.44. The quantitative estimate of drug-likeness (QED) is 0.912. The molecule has 0 fully saturated rings. The minimum atomic E-state index is 0.241. The molecular formula is C16H20ClN3. The summed E-state index contributed by atoms with van der Waals surface area (Å²) in [6.45, 7) is 6.01. The molecule has 2 unspecified atom stereocenters. The summed E-state index contributed by atoms with van der Waals surface area (Å²) in [5, 5.41) is 8.74. The highest BCUT2D eigenvalue weighted by molar-refractivity contribution is 6.31. The van der Waals surface area contributed by atoms with Gasteiger partial charge < -0.3 is 5.32 Å². The monoisotopic (exact) mass is 289 g/mol. The number of aryl methyl sites for hydroxylation is 1. The second kappa shape index (κ2) is 5.58. The lowest BCUT2D eigenvalue weighted by Gasteiger charge is -2.37. The Balaban J connectivity index is 1.97. The van der Waals surface area contributed by atoms with Crippen molar-refractivity contribution < 1.29 is 0 Å². The summed E-state index contributed by atoms with van der Waals surface area (Å²) < 4.78 is 2.01. The lowest BCUT2D eigenvalue weighted by Crippen LogP contribution is -2.35. The Kier molecular flexibility index (Phi) is 3.81. The summed E-state index contributed by atoms with van der Waals surface area (Å²) in [5.74, 6) is 0.491. The van der Waals surface area contributed by atoms with Gasteiger partial charge in [-0.25, -0.2) is 0 Å². The Hall–Kier alpha value is -1.32. The highest BCUT2D eigenvalue weighted by atomic mass is 35.5. The Morgan fingerprint density at radius 3 is 2.90 bits per heavy atom. The number of likely N-dealkylation sites (N-methyl/N-ethyl adjacent to an activating group) is 1. The minimum absolute atomic E-state index is 0.241. The number of nitrogens with zero attached hydrogens (tertiary/aromatic N) is 2. The van der Waals surface area contributed by atoms with Crippen molar-refractivity contribution in [1.29, 1.82) is 0 Å². The van der Waals surface area contributed by atoms with Gasteiger partial charge in [0.15, 0.2) is 0 Å². The van der Waals surface area contributed by atoms with Crippen LogP contribution < -0.4 is 5.32 Å². The average Bonchev–Trinajstić information content (AvgIpc) is 2.80. The number of hydrogen-bond donors (Lipinski definition) is 1. The third kappa shape index (κ3) is 2.15. The SMILES string of the molecule is CCNC(c1c(Cl)cnn1CC)C1Cc2ccccc21. The van der Waals surface area contributed by atoms with Crippen LogP contribution in [0, 0.1) is 0 Å². The first-order chi connectivity index (χ1) is 9.76. The van der Waals surface area contributed by atoms with Crippen molar-refractivity contribution in [2.45, 2.75) is 38.8 Å². The molecule has 1 aromatic heterocycles. The number of fused-ring (bicyclic) bond motifs is 1. The molecule has 1 heterocycles. The molecule has 2 aromatic rings. The molecule has 3 nitrogen and oxygen atoms in total. The van der Waals surface area contributed by atoms with Gasteiger partial charge >= 0.3 is 0 Å². The summed E-state index contributed by atoms with van der Waals surface area (Å²) in [4.78, 5) is 0. The van der Waals surface area contributed by atoms with E-state index in [0.717, 1.165) is 30.2 Å². The maximum atomic E-state index is 6.38. The zero-order valence-electron chi connectivity index (χ0n) is 11.9. The number of aromatic nitrogens is 2. The van der Waals surface area contributed by atoms with Crippen molar-refractivity contribution in [3.8, 4) is 0 Å². The van der Waals surface area contributed by atoms with Gasteiger partial charge in [0, 0.05) is 12.5 Å². The van der Waals surface area contributed by atoms with Gasteiger partial charge in [-0.3, -0.25) is 4.68 Å². The molecule has 0 radical (unpaired) electrons. The third-order valence-electron chi connectivity index (χ3n) is 4.15. The first-order valence-corrected chi connectivity index (χ1v) is 7.66. The van der Waals surface area contributed by atoms with Crippen LogP contribution in [0.25, 0.3) is 0 Å². The predicted molar refractivity (Wildman–Crippen MR) is 82.2 cm³/mol. The standard InChI is InChI=1S/C16H20ClN3/c1-3-18-15(16-14(17)10-19-20(16)4-2)13-9-11-7-5-6-8-12(11)13/h5-8,10,13,15,18H,3-4,9H2,1-2H3. The molecule has 4 heteroatoms. The molecular weight excluding hydrogens is 270 g/mol. The van der Waals surface area contributed by atoms with Gasteiger partial charge in [-0.15, -0.1) is 0 Å². The number of hydrogen-bond acceptors (Lipinski definition) is 2. The molecule has 1 aliphatic carbocycles. The molecule has 1 N–H and O–H groups in total. The van der Waals surface area contributed by atoms with Gasteiger partial charge in [-0.1, -0.05) is 42.8 Å².